The fourth-order valence-electron chi connectivity index (χ4n) is 1.77. The van der Waals surface area contributed by atoms with Gasteiger partial charge in [-0.25, -0.2) is 0 Å². The average Bonchev–Trinajstić information content (AvgIpc) is 2.35. The molecular formula is C14H12F2OSn. The maximum atomic E-state index is 13.4. The van der Waals surface area contributed by atoms with Crippen molar-refractivity contribution in [1.82, 2.24) is 0 Å². The molecule has 18 heavy (non-hydrogen) atoms. The molecule has 0 saturated heterocycles. The van der Waals surface area contributed by atoms with Crippen LogP contribution in [0.25, 0.3) is 0 Å². The Bertz CT molecular complexity index is 520. The van der Waals surface area contributed by atoms with Crippen LogP contribution < -0.4 is 0 Å². The molecule has 2 aromatic carbocycles. The quantitative estimate of drug-likeness (QED) is 0.772. The first-order valence-electron chi connectivity index (χ1n) is 5.65. The van der Waals surface area contributed by atoms with Crippen LogP contribution in [-0.2, 0) is 12.0 Å². The second-order valence-corrected chi connectivity index (χ2v) is 9.17. The second-order valence-electron chi connectivity index (χ2n) is 4.08. The van der Waals surface area contributed by atoms with Crippen LogP contribution in [0.2, 0.25) is 0 Å². The summed E-state index contributed by atoms with van der Waals surface area (Å²) in [4.78, 5) is 0. The van der Waals surface area contributed by atoms with E-state index in [2.05, 4.69) is 0 Å². The molecule has 0 radical (unpaired) electrons. The maximum absolute atomic E-state index is 13.4. The van der Waals surface area contributed by atoms with Crippen molar-refractivity contribution in [2.75, 3.05) is 0 Å². The molecule has 0 unspecified atom stereocenters. The van der Waals surface area contributed by atoms with E-state index in [1.807, 2.05) is 0 Å². The van der Waals surface area contributed by atoms with Crippen molar-refractivity contribution in [2.45, 2.75) is 8.87 Å². The van der Waals surface area contributed by atoms with E-state index >= 15 is 0 Å². The Morgan fingerprint density at radius 2 is 1.17 bits per heavy atom. The molecule has 4 heteroatoms. The Labute approximate surface area is 112 Å². The minimum absolute atomic E-state index is 0.267. The number of hydrogen-bond acceptors (Lipinski definition) is 1. The zero-order chi connectivity index (χ0) is 13.0. The fourth-order valence-corrected chi connectivity index (χ4v) is 6.19. The molecule has 0 N–H and O–H groups in total. The van der Waals surface area contributed by atoms with Gasteiger partial charge in [-0.05, 0) is 0 Å². The summed E-state index contributed by atoms with van der Waals surface area (Å²) in [6.07, 6.45) is 0. The van der Waals surface area contributed by atoms with Crippen LogP contribution in [0.4, 0.5) is 8.78 Å². The monoisotopic (exact) mass is 354 g/mol. The van der Waals surface area contributed by atoms with Crippen molar-refractivity contribution < 1.29 is 11.9 Å². The molecule has 0 heterocycles. The molecule has 0 bridgehead atoms. The fraction of sp³-hybridized carbons (Fsp3) is 0.143. The minimum atomic E-state index is -3.02. The van der Waals surface area contributed by atoms with Gasteiger partial charge in [0.25, 0.3) is 0 Å². The summed E-state index contributed by atoms with van der Waals surface area (Å²) < 4.78 is 39.3. The number of benzene rings is 2. The first-order chi connectivity index (χ1) is 8.66. The molecule has 92 valence electrons. The number of hydrogen-bond donors (Lipinski definition) is 0. The van der Waals surface area contributed by atoms with E-state index in [-0.39, 0.29) is 20.5 Å². The Kier molecular flexibility index (Phi) is 4.58. The first-order valence-corrected chi connectivity index (χ1v) is 10.9. The van der Waals surface area contributed by atoms with Crippen LogP contribution in [0, 0.1) is 11.6 Å². The standard InChI is InChI=1S/2C7H6F.O.Sn/c2*1-6-4-2-3-5-7(6)8;;/h2*2-5H,1H2;;. The predicted octanol–water partition coefficient (Wildman–Crippen LogP) is 3.25. The van der Waals surface area contributed by atoms with Gasteiger partial charge in [-0.15, -0.1) is 0 Å². The summed E-state index contributed by atoms with van der Waals surface area (Å²) in [6, 6.07) is 12.6. The molecular weight excluding hydrogens is 341 g/mol. The Morgan fingerprint density at radius 1 is 0.778 bits per heavy atom. The zero-order valence-electron chi connectivity index (χ0n) is 9.70. The molecule has 0 spiro atoms. The third-order valence-corrected chi connectivity index (χ3v) is 7.12. The van der Waals surface area contributed by atoms with Gasteiger partial charge in [0.1, 0.15) is 0 Å². The van der Waals surface area contributed by atoms with Crippen LogP contribution in [-0.4, -0.2) is 19.7 Å². The van der Waals surface area contributed by atoms with Gasteiger partial charge in [-0.1, -0.05) is 0 Å². The van der Waals surface area contributed by atoms with E-state index in [4.69, 9.17) is 0 Å². The second kappa shape index (κ2) is 6.18. The van der Waals surface area contributed by atoms with Gasteiger partial charge in [0.05, 0.1) is 0 Å². The van der Waals surface area contributed by atoms with Crippen molar-refractivity contribution in [3.8, 4) is 0 Å². The first kappa shape index (κ1) is 13.3. The average molecular weight is 353 g/mol. The van der Waals surface area contributed by atoms with Crippen LogP contribution in [0.1, 0.15) is 11.1 Å². The zero-order valence-corrected chi connectivity index (χ0v) is 12.6. The summed E-state index contributed by atoms with van der Waals surface area (Å²) in [7, 11) is 0. The van der Waals surface area contributed by atoms with E-state index in [1.54, 1.807) is 36.4 Å². The molecule has 0 aliphatic heterocycles. The van der Waals surface area contributed by atoms with E-state index in [0.717, 1.165) is 0 Å². The summed E-state index contributed by atoms with van der Waals surface area (Å²) in [5.74, 6) is -0.667. The Morgan fingerprint density at radius 3 is 1.56 bits per heavy atom. The SMILES string of the molecule is [O]=[Sn]([CH2]c1ccccc1F)[CH2]c1ccccc1F. The summed E-state index contributed by atoms with van der Waals surface area (Å²) >= 11 is -3.02. The van der Waals surface area contributed by atoms with Crippen molar-refractivity contribution in [3.63, 3.8) is 0 Å². The molecule has 2 rings (SSSR count). The van der Waals surface area contributed by atoms with Gasteiger partial charge in [0, 0.05) is 0 Å². The Balaban J connectivity index is 2.06. The molecule has 1 nitrogen and oxygen atoms in total. The molecule has 0 atom stereocenters. The van der Waals surface area contributed by atoms with Gasteiger partial charge < -0.3 is 0 Å². The van der Waals surface area contributed by atoms with Gasteiger partial charge in [-0.3, -0.25) is 0 Å². The van der Waals surface area contributed by atoms with Crippen LogP contribution in [0.5, 0.6) is 0 Å². The summed E-state index contributed by atoms with van der Waals surface area (Å²) in [6.45, 7) is 0. The molecule has 0 aliphatic rings. The van der Waals surface area contributed by atoms with E-state index in [0.29, 0.717) is 11.1 Å². The molecule has 0 fully saturated rings. The molecule has 0 aromatic heterocycles. The van der Waals surface area contributed by atoms with Crippen LogP contribution >= 0.6 is 0 Å². The van der Waals surface area contributed by atoms with Crippen LogP contribution in [0.15, 0.2) is 48.5 Å². The van der Waals surface area contributed by atoms with E-state index in [9.17, 15) is 11.9 Å². The van der Waals surface area contributed by atoms with Gasteiger partial charge >= 0.3 is 112 Å². The Hall–Kier alpha value is -1.10. The van der Waals surface area contributed by atoms with Gasteiger partial charge in [-0.2, -0.15) is 0 Å². The number of halogens is 2. The summed E-state index contributed by atoms with van der Waals surface area (Å²) in [5, 5.41) is 0. The van der Waals surface area contributed by atoms with E-state index in [1.165, 1.54) is 12.1 Å². The normalized spacial score (nSPS) is 10.3. The van der Waals surface area contributed by atoms with Crippen molar-refractivity contribution in [3.05, 3.63) is 71.3 Å². The van der Waals surface area contributed by atoms with Gasteiger partial charge in [0.15, 0.2) is 0 Å². The predicted molar refractivity (Wildman–Crippen MR) is 66.6 cm³/mol. The van der Waals surface area contributed by atoms with Crippen molar-refractivity contribution in [2.24, 2.45) is 0 Å². The molecule has 0 aliphatic carbocycles. The molecule has 0 amide bonds. The third-order valence-electron chi connectivity index (χ3n) is 2.69. The van der Waals surface area contributed by atoms with Crippen LogP contribution in [0.3, 0.4) is 0 Å². The summed E-state index contributed by atoms with van der Waals surface area (Å²) in [5.41, 5.74) is 0.941. The van der Waals surface area contributed by atoms with Crippen molar-refractivity contribution in [1.29, 1.82) is 0 Å². The van der Waals surface area contributed by atoms with E-state index < -0.39 is 19.7 Å². The molecule has 0 saturated carbocycles. The topological polar surface area (TPSA) is 17.1 Å². The van der Waals surface area contributed by atoms with Gasteiger partial charge in [0.2, 0.25) is 0 Å². The number of rotatable bonds is 4. The third kappa shape index (κ3) is 3.45. The molecule has 2 aromatic rings. The van der Waals surface area contributed by atoms with Crippen molar-refractivity contribution >= 4 is 19.7 Å².